The highest BCUT2D eigenvalue weighted by Gasteiger charge is 2.26. The topological polar surface area (TPSA) is 73.2 Å². The van der Waals surface area contributed by atoms with Crippen molar-refractivity contribution in [1.29, 1.82) is 0 Å². The van der Waals surface area contributed by atoms with Crippen LogP contribution in [0.2, 0.25) is 0 Å². The van der Waals surface area contributed by atoms with Crippen LogP contribution >= 0.6 is 0 Å². The van der Waals surface area contributed by atoms with Gasteiger partial charge in [0.1, 0.15) is 23.0 Å². The lowest BCUT2D eigenvalue weighted by molar-refractivity contribution is 0.460. The molecule has 0 saturated carbocycles. The van der Waals surface area contributed by atoms with Gasteiger partial charge in [0.15, 0.2) is 5.75 Å². The van der Waals surface area contributed by atoms with Crippen LogP contribution in [0.15, 0.2) is 66.7 Å². The van der Waals surface area contributed by atoms with Crippen LogP contribution in [0.25, 0.3) is 0 Å². The third-order valence-electron chi connectivity index (χ3n) is 6.31. The van der Waals surface area contributed by atoms with Crippen LogP contribution in [0.1, 0.15) is 27.8 Å². The van der Waals surface area contributed by atoms with E-state index in [0.717, 1.165) is 22.3 Å². The van der Waals surface area contributed by atoms with Gasteiger partial charge < -0.3 is 20.1 Å². The van der Waals surface area contributed by atoms with E-state index in [1.807, 2.05) is 75.9 Å². The molecule has 4 aromatic rings. The first kappa shape index (κ1) is 23.1. The molecule has 0 aromatic heterocycles. The first-order valence-electron chi connectivity index (χ1n) is 11.1. The predicted molar refractivity (Wildman–Crippen MR) is 136 cm³/mol. The summed E-state index contributed by atoms with van der Waals surface area (Å²) in [5.41, 5.74) is 6.28. The van der Waals surface area contributed by atoms with E-state index in [2.05, 4.69) is 0 Å². The molecule has 0 aliphatic heterocycles. The van der Waals surface area contributed by atoms with Crippen molar-refractivity contribution in [3.8, 4) is 28.7 Å². The minimum absolute atomic E-state index is 0.0960. The molecule has 0 aliphatic carbocycles. The molecule has 5 nitrogen and oxygen atoms in total. The number of hydrogen-bond donors (Lipinski definition) is 3. The van der Waals surface area contributed by atoms with Crippen molar-refractivity contribution in [1.82, 2.24) is 0 Å². The third kappa shape index (κ3) is 4.13. The van der Waals surface area contributed by atoms with Gasteiger partial charge in [-0.15, -0.1) is 0 Å². The van der Waals surface area contributed by atoms with Crippen molar-refractivity contribution in [2.45, 2.75) is 34.6 Å². The summed E-state index contributed by atoms with van der Waals surface area (Å²) in [5, 5.41) is 31.9. The molecule has 0 unspecified atom stereocenters. The van der Waals surface area contributed by atoms with Gasteiger partial charge in [0.25, 0.3) is 0 Å². The van der Waals surface area contributed by atoms with Crippen molar-refractivity contribution in [3.05, 3.63) is 94.5 Å². The van der Waals surface area contributed by atoms with E-state index in [1.54, 1.807) is 30.3 Å². The molecule has 34 heavy (non-hydrogen) atoms. The first-order chi connectivity index (χ1) is 16.2. The zero-order valence-electron chi connectivity index (χ0n) is 20.0. The van der Waals surface area contributed by atoms with Gasteiger partial charge in [0.2, 0.25) is 0 Å². The quantitative estimate of drug-likeness (QED) is 0.289. The zero-order chi connectivity index (χ0) is 24.6. The molecule has 3 N–H and O–H groups in total. The monoisotopic (exact) mass is 455 g/mol. The molecule has 0 aliphatic rings. The van der Waals surface area contributed by atoms with E-state index in [1.165, 1.54) is 0 Å². The van der Waals surface area contributed by atoms with Gasteiger partial charge in [-0.2, -0.15) is 0 Å². The van der Waals surface area contributed by atoms with Crippen molar-refractivity contribution >= 4 is 17.1 Å². The molecule has 0 spiro atoms. The van der Waals surface area contributed by atoms with Gasteiger partial charge in [0, 0.05) is 0 Å². The number of anilines is 3. The highest BCUT2D eigenvalue weighted by Crippen LogP contribution is 2.50. The summed E-state index contributed by atoms with van der Waals surface area (Å²) in [4.78, 5) is 1.86. The lowest BCUT2D eigenvalue weighted by Gasteiger charge is -2.31. The highest BCUT2D eigenvalue weighted by molar-refractivity contribution is 5.89. The Morgan fingerprint density at radius 1 is 0.588 bits per heavy atom. The number of nitrogens with zero attached hydrogens (tertiary/aromatic N) is 1. The van der Waals surface area contributed by atoms with E-state index in [-0.39, 0.29) is 17.2 Å². The molecule has 4 aromatic carbocycles. The lowest BCUT2D eigenvalue weighted by Crippen LogP contribution is -2.15. The lowest BCUT2D eigenvalue weighted by atomic mass is 10.0. The molecule has 0 atom stereocenters. The van der Waals surface area contributed by atoms with Crippen molar-refractivity contribution in [2.75, 3.05) is 4.90 Å². The Morgan fingerprint density at radius 3 is 1.68 bits per heavy atom. The molecule has 0 radical (unpaired) electrons. The minimum Gasteiger partial charge on any atom is -0.508 e. The van der Waals surface area contributed by atoms with Crippen LogP contribution < -0.4 is 9.64 Å². The average molecular weight is 456 g/mol. The molecule has 0 amide bonds. The zero-order valence-corrected chi connectivity index (χ0v) is 20.0. The van der Waals surface area contributed by atoms with Gasteiger partial charge in [-0.1, -0.05) is 24.3 Å². The highest BCUT2D eigenvalue weighted by atomic mass is 16.5. The Balaban J connectivity index is 2.00. The molecule has 4 rings (SSSR count). The maximum Gasteiger partial charge on any atom is 0.151 e. The van der Waals surface area contributed by atoms with Crippen LogP contribution in [0.5, 0.6) is 28.7 Å². The van der Waals surface area contributed by atoms with Gasteiger partial charge in [-0.25, -0.2) is 0 Å². The normalized spacial score (nSPS) is 10.9. The molecule has 5 heteroatoms. The summed E-state index contributed by atoms with van der Waals surface area (Å²) >= 11 is 0. The second-order valence-electron chi connectivity index (χ2n) is 8.60. The maximum absolute atomic E-state index is 11.0. The number of aromatic hydroxyl groups is 3. The number of phenols is 3. The van der Waals surface area contributed by atoms with Crippen molar-refractivity contribution < 1.29 is 20.1 Å². The largest absolute Gasteiger partial charge is 0.508 e. The Kier molecular flexibility index (Phi) is 6.12. The molecule has 0 saturated heterocycles. The van der Waals surface area contributed by atoms with Crippen LogP contribution in [0.4, 0.5) is 17.1 Å². The Hall–Kier alpha value is -4.12. The number of ether oxygens (including phenoxy) is 1. The molecule has 0 heterocycles. The van der Waals surface area contributed by atoms with Crippen LogP contribution in [-0.4, -0.2) is 15.3 Å². The van der Waals surface area contributed by atoms with Crippen LogP contribution in [0.3, 0.4) is 0 Å². The summed E-state index contributed by atoms with van der Waals surface area (Å²) in [7, 11) is 0. The first-order valence-corrected chi connectivity index (χ1v) is 11.1. The third-order valence-corrected chi connectivity index (χ3v) is 6.31. The standard InChI is InChI=1S/C29H29NO4/c1-17-10-13-25(32)28(20(17)4)30(29-21(5)18(2)11-14-26(29)33)23-8-6-7-9-27(23)34-22-12-15-24(31)19(3)16-22/h6-16,31-33H,1-5H3. The number of hydrogen-bond acceptors (Lipinski definition) is 5. The summed E-state index contributed by atoms with van der Waals surface area (Å²) in [6, 6.07) is 19.6. The van der Waals surface area contributed by atoms with E-state index >= 15 is 0 Å². The van der Waals surface area contributed by atoms with Crippen molar-refractivity contribution in [2.24, 2.45) is 0 Å². The fourth-order valence-corrected chi connectivity index (χ4v) is 4.04. The summed E-state index contributed by atoms with van der Waals surface area (Å²) in [6.45, 7) is 9.68. The Bertz CT molecular complexity index is 1320. The van der Waals surface area contributed by atoms with Gasteiger partial charge in [-0.3, -0.25) is 4.90 Å². The predicted octanol–water partition coefficient (Wildman–Crippen LogP) is 7.61. The maximum atomic E-state index is 11.0. The second-order valence-corrected chi connectivity index (χ2v) is 8.60. The minimum atomic E-state index is 0.0960. The number of phenolic OH excluding ortho intramolecular Hbond substituents is 3. The number of rotatable bonds is 5. The van der Waals surface area contributed by atoms with E-state index in [0.29, 0.717) is 34.1 Å². The van der Waals surface area contributed by atoms with E-state index in [9.17, 15) is 15.3 Å². The van der Waals surface area contributed by atoms with Gasteiger partial charge in [-0.05, 0) is 105 Å². The smallest absolute Gasteiger partial charge is 0.151 e. The second kappa shape index (κ2) is 9.02. The average Bonchev–Trinajstić information content (AvgIpc) is 2.81. The summed E-state index contributed by atoms with van der Waals surface area (Å²) < 4.78 is 6.27. The Morgan fingerprint density at radius 2 is 1.12 bits per heavy atom. The summed E-state index contributed by atoms with van der Waals surface area (Å²) in [5.74, 6) is 1.49. The van der Waals surface area contributed by atoms with E-state index in [4.69, 9.17) is 4.74 Å². The summed E-state index contributed by atoms with van der Waals surface area (Å²) in [6.07, 6.45) is 0. The molecular formula is C29H29NO4. The number of aryl methyl sites for hydroxylation is 3. The molecule has 174 valence electrons. The van der Waals surface area contributed by atoms with Crippen LogP contribution in [-0.2, 0) is 0 Å². The number of benzene rings is 4. The Labute approximate surface area is 200 Å². The molecular weight excluding hydrogens is 426 g/mol. The van der Waals surface area contributed by atoms with Gasteiger partial charge >= 0.3 is 0 Å². The SMILES string of the molecule is Cc1cc(Oc2ccccc2N(c2c(O)ccc(C)c2C)c2c(O)ccc(C)c2C)ccc1O. The fraction of sp³-hybridized carbons (Fsp3) is 0.172. The fourth-order valence-electron chi connectivity index (χ4n) is 4.04. The molecule has 0 fully saturated rings. The van der Waals surface area contributed by atoms with Crippen molar-refractivity contribution in [3.63, 3.8) is 0 Å². The number of para-hydroxylation sites is 2. The van der Waals surface area contributed by atoms with E-state index < -0.39 is 0 Å². The molecule has 0 bridgehead atoms. The van der Waals surface area contributed by atoms with Crippen LogP contribution in [0, 0.1) is 34.6 Å². The van der Waals surface area contributed by atoms with Gasteiger partial charge in [0.05, 0.1) is 17.1 Å².